The number of carbonyl (C=O) groups excluding carboxylic acids is 1. The molecule has 2 saturated heterocycles. The number of nitrogens with one attached hydrogen (secondary N) is 1. The molecule has 0 radical (unpaired) electrons. The van der Waals surface area contributed by atoms with Crippen LogP contribution < -0.4 is 5.56 Å². The highest BCUT2D eigenvalue weighted by Crippen LogP contribution is 2.30. The minimum absolute atomic E-state index is 0.109. The van der Waals surface area contributed by atoms with E-state index >= 15 is 0 Å². The van der Waals surface area contributed by atoms with Gasteiger partial charge in [0.25, 0.3) is 11.5 Å². The molecule has 3 rings (SSSR count). The molecule has 114 valence electrons. The SMILES string of the molecule is CCN1CCCC1C1CCCN1C(=O)c1ccc[nH]c1=O. The van der Waals surface area contributed by atoms with Crippen molar-refractivity contribution in [3.8, 4) is 0 Å². The number of rotatable bonds is 3. The van der Waals surface area contributed by atoms with E-state index in [4.69, 9.17) is 0 Å². The molecule has 0 spiro atoms. The van der Waals surface area contributed by atoms with E-state index in [1.807, 2.05) is 4.90 Å². The summed E-state index contributed by atoms with van der Waals surface area (Å²) in [5, 5.41) is 0. The van der Waals surface area contributed by atoms with Gasteiger partial charge in [-0.25, -0.2) is 0 Å². The predicted octanol–water partition coefficient (Wildman–Crippen LogP) is 1.46. The maximum Gasteiger partial charge on any atom is 0.260 e. The first-order valence-electron chi connectivity index (χ1n) is 7.95. The lowest BCUT2D eigenvalue weighted by molar-refractivity contribution is 0.0648. The molecule has 1 amide bonds. The molecule has 1 aromatic heterocycles. The fourth-order valence-electron chi connectivity index (χ4n) is 3.87. The maximum atomic E-state index is 12.7. The van der Waals surface area contributed by atoms with Crippen molar-refractivity contribution in [1.82, 2.24) is 14.8 Å². The minimum Gasteiger partial charge on any atom is -0.334 e. The second kappa shape index (κ2) is 6.02. The molecule has 1 aromatic rings. The molecular weight excluding hydrogens is 266 g/mol. The number of likely N-dealkylation sites (N-methyl/N-ethyl adjacent to an activating group) is 1. The number of aromatic amines is 1. The van der Waals surface area contributed by atoms with Gasteiger partial charge in [0, 0.05) is 24.8 Å². The summed E-state index contributed by atoms with van der Waals surface area (Å²) >= 11 is 0. The van der Waals surface area contributed by atoms with Crippen molar-refractivity contribution in [2.24, 2.45) is 0 Å². The number of aromatic nitrogens is 1. The number of hydrogen-bond acceptors (Lipinski definition) is 3. The van der Waals surface area contributed by atoms with Crippen LogP contribution in [0.3, 0.4) is 0 Å². The smallest absolute Gasteiger partial charge is 0.260 e. The Bertz CT molecular complexity index is 569. The van der Waals surface area contributed by atoms with Crippen LogP contribution in [0.5, 0.6) is 0 Å². The van der Waals surface area contributed by atoms with E-state index in [1.165, 1.54) is 6.42 Å². The van der Waals surface area contributed by atoms with Crippen molar-refractivity contribution in [3.63, 3.8) is 0 Å². The third-order valence-electron chi connectivity index (χ3n) is 4.87. The number of H-pyrrole nitrogens is 1. The van der Waals surface area contributed by atoms with Gasteiger partial charge >= 0.3 is 0 Å². The Morgan fingerprint density at radius 1 is 1.29 bits per heavy atom. The molecule has 2 fully saturated rings. The number of pyridine rings is 1. The Hall–Kier alpha value is -1.62. The third kappa shape index (κ3) is 2.62. The molecule has 0 aromatic carbocycles. The Labute approximate surface area is 124 Å². The quantitative estimate of drug-likeness (QED) is 0.916. The van der Waals surface area contributed by atoms with Gasteiger partial charge in [0.15, 0.2) is 0 Å². The summed E-state index contributed by atoms with van der Waals surface area (Å²) in [6.07, 6.45) is 6.03. The Morgan fingerprint density at radius 2 is 2.05 bits per heavy atom. The minimum atomic E-state index is -0.285. The second-order valence-electron chi connectivity index (χ2n) is 5.96. The van der Waals surface area contributed by atoms with Crippen molar-refractivity contribution in [3.05, 3.63) is 34.2 Å². The summed E-state index contributed by atoms with van der Waals surface area (Å²) in [4.78, 5) is 31.6. The summed E-state index contributed by atoms with van der Waals surface area (Å²) in [5.41, 5.74) is -0.0163. The van der Waals surface area contributed by atoms with E-state index in [0.717, 1.165) is 38.9 Å². The van der Waals surface area contributed by atoms with Gasteiger partial charge in [-0.3, -0.25) is 14.5 Å². The van der Waals surface area contributed by atoms with Crippen LogP contribution in [0, 0.1) is 0 Å². The van der Waals surface area contributed by atoms with Crippen LogP contribution in [0.1, 0.15) is 43.0 Å². The summed E-state index contributed by atoms with van der Waals surface area (Å²) in [7, 11) is 0. The van der Waals surface area contributed by atoms with Gasteiger partial charge in [0.05, 0.1) is 0 Å². The Morgan fingerprint density at radius 3 is 2.81 bits per heavy atom. The van der Waals surface area contributed by atoms with Gasteiger partial charge in [-0.1, -0.05) is 6.92 Å². The Kier molecular flexibility index (Phi) is 4.10. The van der Waals surface area contributed by atoms with E-state index in [0.29, 0.717) is 6.04 Å². The number of amides is 1. The zero-order chi connectivity index (χ0) is 14.8. The van der Waals surface area contributed by atoms with E-state index in [-0.39, 0.29) is 23.1 Å². The van der Waals surface area contributed by atoms with Crippen LogP contribution >= 0.6 is 0 Å². The molecule has 2 unspecified atom stereocenters. The van der Waals surface area contributed by atoms with E-state index in [1.54, 1.807) is 18.3 Å². The van der Waals surface area contributed by atoms with Gasteiger partial charge in [0.2, 0.25) is 0 Å². The molecular formula is C16H23N3O2. The van der Waals surface area contributed by atoms with Gasteiger partial charge in [-0.15, -0.1) is 0 Å². The molecule has 0 bridgehead atoms. The number of hydrogen-bond donors (Lipinski definition) is 1. The molecule has 0 aliphatic carbocycles. The first-order valence-corrected chi connectivity index (χ1v) is 7.95. The van der Waals surface area contributed by atoms with Crippen LogP contribution in [-0.4, -0.2) is 52.4 Å². The van der Waals surface area contributed by atoms with Crippen molar-refractivity contribution in [2.75, 3.05) is 19.6 Å². The van der Waals surface area contributed by atoms with Gasteiger partial charge < -0.3 is 9.88 Å². The van der Waals surface area contributed by atoms with Gasteiger partial charge in [0.1, 0.15) is 5.56 Å². The summed E-state index contributed by atoms with van der Waals surface area (Å²) in [6, 6.07) is 4.07. The van der Waals surface area contributed by atoms with E-state index in [2.05, 4.69) is 16.8 Å². The maximum absolute atomic E-state index is 12.7. The summed E-state index contributed by atoms with van der Waals surface area (Å²) < 4.78 is 0. The van der Waals surface area contributed by atoms with Crippen LogP contribution in [0.25, 0.3) is 0 Å². The van der Waals surface area contributed by atoms with Crippen LogP contribution in [0.2, 0.25) is 0 Å². The van der Waals surface area contributed by atoms with Crippen LogP contribution in [-0.2, 0) is 0 Å². The van der Waals surface area contributed by atoms with Crippen molar-refractivity contribution in [2.45, 2.75) is 44.7 Å². The zero-order valence-electron chi connectivity index (χ0n) is 12.5. The number of likely N-dealkylation sites (tertiary alicyclic amines) is 2. The molecule has 2 atom stereocenters. The normalized spacial score (nSPS) is 26.4. The topological polar surface area (TPSA) is 56.4 Å². The van der Waals surface area contributed by atoms with Gasteiger partial charge in [-0.2, -0.15) is 0 Å². The fourth-order valence-corrected chi connectivity index (χ4v) is 3.87. The lowest BCUT2D eigenvalue weighted by Crippen LogP contribution is -2.49. The van der Waals surface area contributed by atoms with Crippen molar-refractivity contribution in [1.29, 1.82) is 0 Å². The fraction of sp³-hybridized carbons (Fsp3) is 0.625. The molecule has 0 saturated carbocycles. The van der Waals surface area contributed by atoms with Crippen LogP contribution in [0.15, 0.2) is 23.1 Å². The monoisotopic (exact) mass is 289 g/mol. The number of carbonyl (C=O) groups is 1. The highest BCUT2D eigenvalue weighted by Gasteiger charge is 2.39. The highest BCUT2D eigenvalue weighted by atomic mass is 16.2. The second-order valence-corrected chi connectivity index (χ2v) is 5.96. The molecule has 5 heteroatoms. The zero-order valence-corrected chi connectivity index (χ0v) is 12.5. The lowest BCUT2D eigenvalue weighted by Gasteiger charge is -2.34. The lowest BCUT2D eigenvalue weighted by atomic mass is 10.0. The Balaban J connectivity index is 1.82. The first kappa shape index (κ1) is 14.3. The standard InChI is InChI=1S/C16H23N3O2/c1-2-18-10-4-7-13(18)14-8-5-11-19(14)16(21)12-6-3-9-17-15(12)20/h3,6,9,13-14H,2,4-5,7-8,10-11H2,1H3,(H,17,20). The molecule has 1 N–H and O–H groups in total. The van der Waals surface area contributed by atoms with Crippen molar-refractivity contribution >= 4 is 5.91 Å². The highest BCUT2D eigenvalue weighted by molar-refractivity contribution is 5.94. The van der Waals surface area contributed by atoms with Gasteiger partial charge in [-0.05, 0) is 50.9 Å². The molecule has 2 aliphatic rings. The van der Waals surface area contributed by atoms with Crippen LogP contribution in [0.4, 0.5) is 0 Å². The third-order valence-corrected chi connectivity index (χ3v) is 4.87. The summed E-state index contributed by atoms with van der Waals surface area (Å²) in [6.45, 7) is 5.12. The van der Waals surface area contributed by atoms with Crippen molar-refractivity contribution < 1.29 is 4.79 Å². The molecule has 2 aliphatic heterocycles. The van der Waals surface area contributed by atoms with E-state index < -0.39 is 0 Å². The average Bonchev–Trinajstić information content (AvgIpc) is 3.15. The molecule has 5 nitrogen and oxygen atoms in total. The predicted molar refractivity (Wildman–Crippen MR) is 81.4 cm³/mol. The molecule has 3 heterocycles. The summed E-state index contributed by atoms with van der Waals surface area (Å²) in [5.74, 6) is -0.109. The molecule has 21 heavy (non-hydrogen) atoms. The largest absolute Gasteiger partial charge is 0.334 e. The first-order chi connectivity index (χ1) is 10.2. The average molecular weight is 289 g/mol. The van der Waals surface area contributed by atoms with E-state index in [9.17, 15) is 9.59 Å². The number of nitrogens with zero attached hydrogens (tertiary/aromatic N) is 2.